The molecule has 1 N–H and O–H groups in total. The van der Waals surface area contributed by atoms with Crippen LogP contribution in [0.1, 0.15) is 36.8 Å². The van der Waals surface area contributed by atoms with Crippen LogP contribution in [0.2, 0.25) is 0 Å². The average molecular weight is 400 g/mol. The van der Waals surface area contributed by atoms with Gasteiger partial charge in [0.15, 0.2) is 0 Å². The van der Waals surface area contributed by atoms with Gasteiger partial charge in [-0.25, -0.2) is 4.98 Å². The minimum Gasteiger partial charge on any atom is -0.309 e. The molecule has 0 aliphatic rings. The summed E-state index contributed by atoms with van der Waals surface area (Å²) in [7, 11) is 0. The molecule has 2 rings (SSSR count). The van der Waals surface area contributed by atoms with Crippen molar-refractivity contribution in [2.45, 2.75) is 37.3 Å². The van der Waals surface area contributed by atoms with Gasteiger partial charge < -0.3 is 4.98 Å². The second-order valence-corrected chi connectivity index (χ2v) is 7.02. The third-order valence-corrected chi connectivity index (χ3v) is 5.17. The Hall–Kier alpha value is -0.820. The van der Waals surface area contributed by atoms with E-state index in [9.17, 15) is 4.79 Å². The number of halogens is 1. The van der Waals surface area contributed by atoms with E-state index in [1.807, 2.05) is 12.1 Å². The highest BCUT2D eigenvalue weighted by Crippen LogP contribution is 2.25. The summed E-state index contributed by atoms with van der Waals surface area (Å²) < 4.78 is 0.697. The highest BCUT2D eigenvalue weighted by atomic mass is 127. The Kier molecular flexibility index (Phi) is 5.26. The van der Waals surface area contributed by atoms with Crippen molar-refractivity contribution in [2.24, 2.45) is 0 Å². The van der Waals surface area contributed by atoms with Crippen LogP contribution in [-0.4, -0.2) is 9.97 Å². The topological polar surface area (TPSA) is 45.8 Å². The van der Waals surface area contributed by atoms with Crippen LogP contribution in [0.25, 0.3) is 0 Å². The summed E-state index contributed by atoms with van der Waals surface area (Å²) in [5.74, 6) is 1.68. The summed E-state index contributed by atoms with van der Waals surface area (Å²) in [6.07, 6.45) is 0. The minimum atomic E-state index is -0.0373. The number of nitrogens with zero attached hydrogens (tertiary/aromatic N) is 1. The van der Waals surface area contributed by atoms with Crippen LogP contribution < -0.4 is 5.56 Å². The predicted octanol–water partition coefficient (Wildman–Crippen LogP) is 4.10. The maximum absolute atomic E-state index is 11.9. The van der Waals surface area contributed by atoms with Gasteiger partial charge in [0, 0.05) is 4.90 Å². The Balaban J connectivity index is 2.23. The third kappa shape index (κ3) is 3.63. The Labute approximate surface area is 136 Å². The van der Waals surface area contributed by atoms with E-state index in [1.54, 1.807) is 11.8 Å². The van der Waals surface area contributed by atoms with Crippen LogP contribution in [0, 0.1) is 10.5 Å². The molecule has 20 heavy (non-hydrogen) atoms. The summed E-state index contributed by atoms with van der Waals surface area (Å²) in [6.45, 7) is 6.20. The summed E-state index contributed by atoms with van der Waals surface area (Å²) in [5, 5.41) is 0. The SMILES string of the molecule is Cc1ccccc1SCc1nc(C(C)C)c(I)c(=O)[nH]1. The summed E-state index contributed by atoms with van der Waals surface area (Å²) in [4.78, 5) is 20.6. The van der Waals surface area contributed by atoms with Crippen LogP contribution >= 0.6 is 34.4 Å². The minimum absolute atomic E-state index is 0.0373. The maximum Gasteiger partial charge on any atom is 0.264 e. The highest BCUT2D eigenvalue weighted by Gasteiger charge is 2.12. The Morgan fingerprint density at radius 1 is 1.35 bits per heavy atom. The molecular weight excluding hydrogens is 383 g/mol. The number of aryl methyl sites for hydroxylation is 1. The lowest BCUT2D eigenvalue weighted by Gasteiger charge is -2.10. The fraction of sp³-hybridized carbons (Fsp3) is 0.333. The number of rotatable bonds is 4. The van der Waals surface area contributed by atoms with Crippen LogP contribution in [0.15, 0.2) is 34.0 Å². The second kappa shape index (κ2) is 6.76. The molecule has 0 aliphatic carbocycles. The van der Waals surface area contributed by atoms with Crippen molar-refractivity contribution in [3.63, 3.8) is 0 Å². The van der Waals surface area contributed by atoms with Crippen LogP contribution in [-0.2, 0) is 5.75 Å². The van der Waals surface area contributed by atoms with Crippen LogP contribution in [0.5, 0.6) is 0 Å². The lowest BCUT2D eigenvalue weighted by atomic mass is 10.1. The largest absolute Gasteiger partial charge is 0.309 e. The van der Waals surface area contributed by atoms with Crippen molar-refractivity contribution in [1.82, 2.24) is 9.97 Å². The second-order valence-electron chi connectivity index (χ2n) is 4.92. The van der Waals surface area contributed by atoms with E-state index in [0.29, 0.717) is 9.32 Å². The molecule has 0 spiro atoms. The van der Waals surface area contributed by atoms with Gasteiger partial charge in [-0.3, -0.25) is 4.79 Å². The average Bonchev–Trinajstić information content (AvgIpc) is 2.41. The molecule has 1 heterocycles. The van der Waals surface area contributed by atoms with Crippen LogP contribution in [0.4, 0.5) is 0 Å². The molecule has 0 saturated heterocycles. The van der Waals surface area contributed by atoms with Gasteiger partial charge in [0.1, 0.15) is 5.82 Å². The standard InChI is InChI=1S/C15H17IN2OS/c1-9(2)14-13(16)15(19)18-12(17-14)8-20-11-7-5-4-6-10(11)3/h4-7,9H,8H2,1-3H3,(H,17,18,19). The van der Waals surface area contributed by atoms with E-state index < -0.39 is 0 Å². The molecular formula is C15H17IN2OS. The number of H-pyrrole nitrogens is 1. The summed E-state index contributed by atoms with van der Waals surface area (Å²) in [5.41, 5.74) is 2.09. The zero-order valence-electron chi connectivity index (χ0n) is 11.7. The van der Waals surface area contributed by atoms with E-state index >= 15 is 0 Å². The number of aromatic nitrogens is 2. The molecule has 0 saturated carbocycles. The molecule has 0 amide bonds. The smallest absolute Gasteiger partial charge is 0.264 e. The fourth-order valence-corrected chi connectivity index (χ4v) is 3.62. The van der Waals surface area contributed by atoms with Crippen molar-refractivity contribution >= 4 is 34.4 Å². The number of thioether (sulfide) groups is 1. The lowest BCUT2D eigenvalue weighted by Crippen LogP contribution is -2.18. The molecule has 0 radical (unpaired) electrons. The van der Waals surface area contributed by atoms with E-state index in [0.717, 1.165) is 11.5 Å². The molecule has 0 bridgehead atoms. The molecule has 0 aliphatic heterocycles. The molecule has 106 valence electrons. The zero-order chi connectivity index (χ0) is 14.7. The molecule has 0 fully saturated rings. The van der Waals surface area contributed by atoms with Gasteiger partial charge in [-0.15, -0.1) is 11.8 Å². The Morgan fingerprint density at radius 3 is 2.70 bits per heavy atom. The normalized spacial score (nSPS) is 11.1. The first-order valence-corrected chi connectivity index (χ1v) is 8.52. The van der Waals surface area contributed by atoms with Gasteiger partial charge in [0.2, 0.25) is 0 Å². The van der Waals surface area contributed by atoms with E-state index in [4.69, 9.17) is 0 Å². The lowest BCUT2D eigenvalue weighted by molar-refractivity contribution is 0.782. The van der Waals surface area contributed by atoms with Crippen molar-refractivity contribution < 1.29 is 0 Å². The summed E-state index contributed by atoms with van der Waals surface area (Å²) >= 11 is 3.77. The molecule has 0 atom stereocenters. The van der Waals surface area contributed by atoms with Crippen molar-refractivity contribution in [2.75, 3.05) is 0 Å². The molecule has 1 aromatic heterocycles. The number of benzene rings is 1. The first kappa shape index (κ1) is 15.6. The van der Waals surface area contributed by atoms with Gasteiger partial charge in [-0.1, -0.05) is 32.0 Å². The maximum atomic E-state index is 11.9. The third-order valence-electron chi connectivity index (χ3n) is 2.94. The van der Waals surface area contributed by atoms with E-state index in [2.05, 4.69) is 65.5 Å². The van der Waals surface area contributed by atoms with Gasteiger partial charge in [0.05, 0.1) is 15.0 Å². The van der Waals surface area contributed by atoms with Crippen LogP contribution in [0.3, 0.4) is 0 Å². The van der Waals surface area contributed by atoms with Crippen molar-refractivity contribution in [3.05, 3.63) is 55.3 Å². The fourth-order valence-electron chi connectivity index (χ4n) is 1.84. The predicted molar refractivity (Wildman–Crippen MR) is 92.4 cm³/mol. The first-order chi connectivity index (χ1) is 9.49. The van der Waals surface area contributed by atoms with Gasteiger partial charge in [0.25, 0.3) is 5.56 Å². The quantitative estimate of drug-likeness (QED) is 0.621. The first-order valence-electron chi connectivity index (χ1n) is 6.46. The molecule has 0 unspecified atom stereocenters. The van der Waals surface area contributed by atoms with Crippen molar-refractivity contribution in [3.8, 4) is 0 Å². The molecule has 1 aromatic carbocycles. The molecule has 2 aromatic rings. The van der Waals surface area contributed by atoms with E-state index in [-0.39, 0.29) is 11.5 Å². The van der Waals surface area contributed by atoms with Gasteiger partial charge in [-0.05, 0) is 47.1 Å². The monoisotopic (exact) mass is 400 g/mol. The number of nitrogens with one attached hydrogen (secondary N) is 1. The molecule has 5 heteroatoms. The summed E-state index contributed by atoms with van der Waals surface area (Å²) in [6, 6.07) is 8.24. The van der Waals surface area contributed by atoms with Gasteiger partial charge in [-0.2, -0.15) is 0 Å². The van der Waals surface area contributed by atoms with Gasteiger partial charge >= 0.3 is 0 Å². The Morgan fingerprint density at radius 2 is 2.05 bits per heavy atom. The number of aromatic amines is 1. The van der Waals surface area contributed by atoms with E-state index in [1.165, 1.54) is 10.5 Å². The number of hydrogen-bond donors (Lipinski definition) is 1. The van der Waals surface area contributed by atoms with Crippen molar-refractivity contribution in [1.29, 1.82) is 0 Å². The zero-order valence-corrected chi connectivity index (χ0v) is 14.7. The number of hydrogen-bond acceptors (Lipinski definition) is 3. The molecule has 3 nitrogen and oxygen atoms in total. The highest BCUT2D eigenvalue weighted by molar-refractivity contribution is 14.1. The Bertz CT molecular complexity index is 667.